The molecule has 0 spiro atoms. The summed E-state index contributed by atoms with van der Waals surface area (Å²) in [6, 6.07) is 11.5. The predicted octanol–water partition coefficient (Wildman–Crippen LogP) is 2.71. The molecule has 0 radical (unpaired) electrons. The van der Waals surface area contributed by atoms with Crippen LogP contribution < -0.4 is 0 Å². The van der Waals surface area contributed by atoms with Gasteiger partial charge in [-0.1, -0.05) is 30.7 Å². The van der Waals surface area contributed by atoms with E-state index in [2.05, 4.69) is 41.0 Å². The monoisotopic (exact) mass is 270 g/mol. The summed E-state index contributed by atoms with van der Waals surface area (Å²) in [6.45, 7) is 6.38. The minimum Gasteiger partial charge on any atom is -0.297 e. The third-order valence-corrected chi connectivity index (χ3v) is 5.76. The van der Waals surface area contributed by atoms with Crippen LogP contribution in [0.15, 0.2) is 24.3 Å². The van der Waals surface area contributed by atoms with Crippen LogP contribution >= 0.6 is 0 Å². The second-order valence-electron chi connectivity index (χ2n) is 7.02. The van der Waals surface area contributed by atoms with Crippen LogP contribution in [0.5, 0.6) is 0 Å². The Bertz CT molecular complexity index is 453. The van der Waals surface area contributed by atoms with Crippen molar-refractivity contribution in [3.63, 3.8) is 0 Å². The molecule has 2 heterocycles. The van der Waals surface area contributed by atoms with Crippen molar-refractivity contribution >= 4 is 0 Å². The van der Waals surface area contributed by atoms with Crippen molar-refractivity contribution in [3.8, 4) is 0 Å². The molecule has 1 atom stereocenters. The van der Waals surface area contributed by atoms with Crippen LogP contribution in [0.1, 0.15) is 37.3 Å². The fraction of sp³-hybridized carbons (Fsp3) is 0.667. The first-order valence-electron chi connectivity index (χ1n) is 8.38. The maximum absolute atomic E-state index is 2.78. The Morgan fingerprint density at radius 1 is 0.950 bits per heavy atom. The van der Waals surface area contributed by atoms with Gasteiger partial charge in [0, 0.05) is 31.2 Å². The maximum atomic E-state index is 2.78. The quantitative estimate of drug-likeness (QED) is 0.815. The van der Waals surface area contributed by atoms with Gasteiger partial charge in [-0.3, -0.25) is 9.80 Å². The molecule has 0 amide bonds. The normalized spacial score (nSPS) is 29.4. The van der Waals surface area contributed by atoms with E-state index in [9.17, 15) is 0 Å². The summed E-state index contributed by atoms with van der Waals surface area (Å²) < 4.78 is 0. The molecule has 1 aliphatic carbocycles. The summed E-state index contributed by atoms with van der Waals surface area (Å²) in [7, 11) is 0. The molecule has 0 N–H and O–H groups in total. The second-order valence-corrected chi connectivity index (χ2v) is 7.02. The molecule has 4 rings (SSSR count). The Balaban J connectivity index is 1.34. The lowest BCUT2D eigenvalue weighted by Gasteiger charge is -2.51. The van der Waals surface area contributed by atoms with E-state index in [1.54, 1.807) is 11.1 Å². The molecule has 1 aromatic rings. The fourth-order valence-corrected chi connectivity index (χ4v) is 4.45. The summed E-state index contributed by atoms with van der Waals surface area (Å²) in [6.07, 6.45) is 6.81. The number of hydrogen-bond acceptors (Lipinski definition) is 2. The third-order valence-electron chi connectivity index (χ3n) is 5.76. The zero-order valence-electron chi connectivity index (χ0n) is 12.6. The Hall–Kier alpha value is -0.860. The Morgan fingerprint density at radius 2 is 1.65 bits per heavy atom. The molecule has 2 aliphatic heterocycles. The van der Waals surface area contributed by atoms with Gasteiger partial charge in [0.2, 0.25) is 0 Å². The number of benzene rings is 1. The zero-order valence-corrected chi connectivity index (χ0v) is 12.6. The molecular formula is C18H26N2. The molecule has 2 nitrogen and oxygen atoms in total. The molecule has 0 unspecified atom stereocenters. The van der Waals surface area contributed by atoms with E-state index in [0.717, 1.165) is 18.1 Å². The zero-order chi connectivity index (χ0) is 13.5. The molecule has 2 heteroatoms. The average Bonchev–Trinajstić information content (AvgIpc) is 2.82. The van der Waals surface area contributed by atoms with Gasteiger partial charge in [0.25, 0.3) is 0 Å². The van der Waals surface area contributed by atoms with E-state index in [1.807, 2.05) is 0 Å². The van der Waals surface area contributed by atoms with Crippen LogP contribution in [0.2, 0.25) is 0 Å². The largest absolute Gasteiger partial charge is 0.297 e. The van der Waals surface area contributed by atoms with E-state index >= 15 is 0 Å². The minimum absolute atomic E-state index is 0.781. The summed E-state index contributed by atoms with van der Waals surface area (Å²) in [4.78, 5) is 5.51. The van der Waals surface area contributed by atoms with Crippen LogP contribution in [0.3, 0.4) is 0 Å². The first-order chi connectivity index (χ1) is 9.81. The molecule has 0 bridgehead atoms. The van der Waals surface area contributed by atoms with Crippen LogP contribution in [0.25, 0.3) is 0 Å². The standard InChI is InChI=1S/C18H26N2/c1-14-6-4-5-9-20(14)18-12-19(13-18)17-10-15-7-2-3-8-16(15)11-17/h2-3,7-8,14,17-18H,4-6,9-13H2,1H3/t14-/m0/s1. The number of piperidine rings is 1. The molecular weight excluding hydrogens is 244 g/mol. The maximum Gasteiger partial charge on any atom is 0.0353 e. The molecule has 3 aliphatic rings. The van der Waals surface area contributed by atoms with Crippen LogP contribution in [0, 0.1) is 0 Å². The van der Waals surface area contributed by atoms with Crippen LogP contribution in [0.4, 0.5) is 0 Å². The van der Waals surface area contributed by atoms with E-state index in [0.29, 0.717) is 0 Å². The number of rotatable bonds is 2. The van der Waals surface area contributed by atoms with Gasteiger partial charge in [0.05, 0.1) is 0 Å². The highest BCUT2D eigenvalue weighted by atomic mass is 15.3. The number of fused-ring (bicyclic) bond motifs is 1. The van der Waals surface area contributed by atoms with Crippen molar-refractivity contribution in [2.45, 2.75) is 57.2 Å². The summed E-state index contributed by atoms with van der Waals surface area (Å²) in [5.41, 5.74) is 3.18. The van der Waals surface area contributed by atoms with Gasteiger partial charge in [0.15, 0.2) is 0 Å². The lowest BCUT2D eigenvalue weighted by molar-refractivity contribution is -0.0218. The molecule has 1 aromatic carbocycles. The van der Waals surface area contributed by atoms with Crippen molar-refractivity contribution < 1.29 is 0 Å². The first kappa shape index (κ1) is 12.8. The highest BCUT2D eigenvalue weighted by molar-refractivity contribution is 5.33. The van der Waals surface area contributed by atoms with E-state index < -0.39 is 0 Å². The van der Waals surface area contributed by atoms with Gasteiger partial charge in [-0.15, -0.1) is 0 Å². The molecule has 2 saturated heterocycles. The summed E-state index contributed by atoms with van der Waals surface area (Å²) in [5, 5.41) is 0. The van der Waals surface area contributed by atoms with Gasteiger partial charge < -0.3 is 0 Å². The molecule has 108 valence electrons. The summed E-state index contributed by atoms with van der Waals surface area (Å²) >= 11 is 0. The lowest BCUT2D eigenvalue weighted by Crippen LogP contribution is -2.64. The van der Waals surface area contributed by atoms with Gasteiger partial charge in [-0.25, -0.2) is 0 Å². The molecule has 2 fully saturated rings. The van der Waals surface area contributed by atoms with Gasteiger partial charge in [-0.2, -0.15) is 0 Å². The topological polar surface area (TPSA) is 6.48 Å². The van der Waals surface area contributed by atoms with Crippen molar-refractivity contribution in [1.82, 2.24) is 9.80 Å². The van der Waals surface area contributed by atoms with Gasteiger partial charge in [-0.05, 0) is 50.3 Å². The van der Waals surface area contributed by atoms with E-state index in [1.165, 1.54) is 51.7 Å². The smallest absolute Gasteiger partial charge is 0.0353 e. The third kappa shape index (κ3) is 2.19. The molecule has 0 aromatic heterocycles. The van der Waals surface area contributed by atoms with Gasteiger partial charge >= 0.3 is 0 Å². The van der Waals surface area contributed by atoms with E-state index in [4.69, 9.17) is 0 Å². The van der Waals surface area contributed by atoms with Crippen molar-refractivity contribution in [2.24, 2.45) is 0 Å². The van der Waals surface area contributed by atoms with Crippen molar-refractivity contribution in [3.05, 3.63) is 35.4 Å². The highest BCUT2D eigenvalue weighted by Gasteiger charge is 2.39. The van der Waals surface area contributed by atoms with Crippen LogP contribution in [-0.2, 0) is 12.8 Å². The Morgan fingerprint density at radius 3 is 2.30 bits per heavy atom. The number of hydrogen-bond donors (Lipinski definition) is 0. The lowest BCUT2D eigenvalue weighted by atomic mass is 9.95. The molecule has 20 heavy (non-hydrogen) atoms. The van der Waals surface area contributed by atoms with E-state index in [-0.39, 0.29) is 0 Å². The summed E-state index contributed by atoms with van der Waals surface area (Å²) in [5.74, 6) is 0. The predicted molar refractivity (Wildman–Crippen MR) is 83.0 cm³/mol. The van der Waals surface area contributed by atoms with Crippen molar-refractivity contribution in [2.75, 3.05) is 19.6 Å². The van der Waals surface area contributed by atoms with Crippen LogP contribution in [-0.4, -0.2) is 47.6 Å². The SMILES string of the molecule is C[C@H]1CCCCN1C1CN(C2Cc3ccccc3C2)C1. The Kier molecular flexibility index (Phi) is 3.31. The number of nitrogens with zero attached hydrogens (tertiary/aromatic N) is 2. The number of likely N-dealkylation sites (tertiary alicyclic amines) is 2. The highest BCUT2D eigenvalue weighted by Crippen LogP contribution is 2.31. The first-order valence-corrected chi connectivity index (χ1v) is 8.38. The second kappa shape index (κ2) is 5.16. The Labute approximate surface area is 122 Å². The minimum atomic E-state index is 0.781. The van der Waals surface area contributed by atoms with Gasteiger partial charge in [0.1, 0.15) is 0 Å². The fourth-order valence-electron chi connectivity index (χ4n) is 4.45. The average molecular weight is 270 g/mol. The molecule has 0 saturated carbocycles. The van der Waals surface area contributed by atoms with Crippen molar-refractivity contribution in [1.29, 1.82) is 0 Å².